The number of esters is 3. The SMILES string of the molecule is COC(=O)c1ccc(B(O)O)c(NC=C2C(=O)OC(C)(C)OC2=O)c1. The van der Waals surface area contributed by atoms with Gasteiger partial charge in [0.2, 0.25) is 0 Å². The van der Waals surface area contributed by atoms with Crippen LogP contribution in [0.4, 0.5) is 5.69 Å². The van der Waals surface area contributed by atoms with Gasteiger partial charge in [-0.2, -0.15) is 0 Å². The maximum absolute atomic E-state index is 11.9. The van der Waals surface area contributed by atoms with Crippen LogP contribution in [0, 0.1) is 0 Å². The highest BCUT2D eigenvalue weighted by Crippen LogP contribution is 2.22. The summed E-state index contributed by atoms with van der Waals surface area (Å²) in [4.78, 5) is 35.3. The molecule has 1 heterocycles. The summed E-state index contributed by atoms with van der Waals surface area (Å²) in [5.41, 5.74) is -0.192. The van der Waals surface area contributed by atoms with E-state index >= 15 is 0 Å². The Morgan fingerprint density at radius 1 is 1.24 bits per heavy atom. The first-order chi connectivity index (χ1) is 11.6. The summed E-state index contributed by atoms with van der Waals surface area (Å²) >= 11 is 0. The van der Waals surface area contributed by atoms with Crippen LogP contribution in [0.25, 0.3) is 0 Å². The molecule has 0 radical (unpaired) electrons. The van der Waals surface area contributed by atoms with Gasteiger partial charge in [0.05, 0.1) is 12.7 Å². The first-order valence-corrected chi connectivity index (χ1v) is 7.16. The Bertz CT molecular complexity index is 734. The van der Waals surface area contributed by atoms with Crippen molar-refractivity contribution in [3.05, 3.63) is 35.5 Å². The van der Waals surface area contributed by atoms with Crippen molar-refractivity contribution in [3.63, 3.8) is 0 Å². The molecule has 1 saturated heterocycles. The number of nitrogens with one attached hydrogen (secondary N) is 1. The van der Waals surface area contributed by atoms with Crippen molar-refractivity contribution < 1.29 is 38.6 Å². The van der Waals surface area contributed by atoms with Crippen molar-refractivity contribution in [1.29, 1.82) is 0 Å². The van der Waals surface area contributed by atoms with E-state index in [0.29, 0.717) is 0 Å². The van der Waals surface area contributed by atoms with Gasteiger partial charge in [-0.3, -0.25) is 0 Å². The Morgan fingerprint density at radius 3 is 2.36 bits per heavy atom. The van der Waals surface area contributed by atoms with Crippen molar-refractivity contribution in [2.75, 3.05) is 12.4 Å². The van der Waals surface area contributed by atoms with E-state index in [4.69, 9.17) is 9.47 Å². The molecule has 2 rings (SSSR count). The molecule has 132 valence electrons. The lowest BCUT2D eigenvalue weighted by molar-refractivity contribution is -0.222. The number of methoxy groups -OCH3 is 1. The van der Waals surface area contributed by atoms with E-state index in [-0.39, 0.29) is 16.7 Å². The molecule has 25 heavy (non-hydrogen) atoms. The Hall–Kier alpha value is -2.85. The highest BCUT2D eigenvalue weighted by molar-refractivity contribution is 6.60. The molecule has 0 spiro atoms. The quantitative estimate of drug-likeness (QED) is 0.279. The van der Waals surface area contributed by atoms with Crippen LogP contribution in [-0.2, 0) is 23.8 Å². The molecule has 3 N–H and O–H groups in total. The summed E-state index contributed by atoms with van der Waals surface area (Å²) in [5, 5.41) is 21.4. The third-order valence-corrected chi connectivity index (χ3v) is 3.24. The van der Waals surface area contributed by atoms with E-state index in [1.807, 2.05) is 0 Å². The van der Waals surface area contributed by atoms with Crippen LogP contribution in [0.3, 0.4) is 0 Å². The van der Waals surface area contributed by atoms with Crippen LogP contribution in [0.1, 0.15) is 24.2 Å². The predicted molar refractivity (Wildman–Crippen MR) is 85.6 cm³/mol. The Labute approximate surface area is 143 Å². The summed E-state index contributed by atoms with van der Waals surface area (Å²) in [5.74, 6) is -3.82. The van der Waals surface area contributed by atoms with Crippen LogP contribution in [0.5, 0.6) is 0 Å². The molecule has 1 aliphatic heterocycles. The number of ether oxygens (including phenoxy) is 3. The summed E-state index contributed by atoms with van der Waals surface area (Å²) in [6, 6.07) is 3.91. The maximum Gasteiger partial charge on any atom is 0.490 e. The van der Waals surface area contributed by atoms with E-state index in [0.717, 1.165) is 6.20 Å². The molecule has 0 aromatic heterocycles. The monoisotopic (exact) mass is 349 g/mol. The molecule has 0 saturated carbocycles. The van der Waals surface area contributed by atoms with Crippen LogP contribution in [0.15, 0.2) is 30.0 Å². The van der Waals surface area contributed by atoms with Gasteiger partial charge in [0.15, 0.2) is 5.57 Å². The van der Waals surface area contributed by atoms with Crippen LogP contribution in [0.2, 0.25) is 0 Å². The lowest BCUT2D eigenvalue weighted by atomic mass is 9.78. The van der Waals surface area contributed by atoms with Gasteiger partial charge in [0, 0.05) is 31.2 Å². The second-order valence-corrected chi connectivity index (χ2v) is 5.55. The van der Waals surface area contributed by atoms with Crippen LogP contribution in [-0.4, -0.2) is 48.0 Å². The highest BCUT2D eigenvalue weighted by Gasteiger charge is 2.39. The summed E-state index contributed by atoms with van der Waals surface area (Å²) in [6.07, 6.45) is 1.00. The first-order valence-electron chi connectivity index (χ1n) is 7.16. The minimum atomic E-state index is -1.85. The molecule has 0 amide bonds. The standard InChI is InChI=1S/C15H16BNO8/c1-15(2)24-13(19)9(14(20)25-15)7-17-11-6-8(12(18)23-3)4-5-10(11)16(21)22/h4-7,17,21-22H,1-3H3. The number of carbonyl (C=O) groups excluding carboxylic acids is 3. The Balaban J connectivity index is 2.34. The van der Waals surface area contributed by atoms with Gasteiger partial charge in [-0.25, -0.2) is 14.4 Å². The van der Waals surface area contributed by atoms with Crippen LogP contribution >= 0.6 is 0 Å². The molecule has 0 bridgehead atoms. The molecule has 10 heteroatoms. The number of anilines is 1. The first kappa shape index (κ1) is 18.5. The number of cyclic esters (lactones) is 2. The lowest BCUT2D eigenvalue weighted by Crippen LogP contribution is -2.42. The van der Waals surface area contributed by atoms with E-state index in [2.05, 4.69) is 10.1 Å². The van der Waals surface area contributed by atoms with Crippen molar-refractivity contribution in [1.82, 2.24) is 0 Å². The zero-order chi connectivity index (χ0) is 18.8. The molecule has 9 nitrogen and oxygen atoms in total. The largest absolute Gasteiger partial charge is 0.490 e. The van der Waals surface area contributed by atoms with Crippen molar-refractivity contribution in [2.45, 2.75) is 19.6 Å². The number of rotatable bonds is 4. The van der Waals surface area contributed by atoms with E-state index in [1.165, 1.54) is 39.2 Å². The van der Waals surface area contributed by atoms with Gasteiger partial charge in [0.1, 0.15) is 0 Å². The topological polar surface area (TPSA) is 131 Å². The van der Waals surface area contributed by atoms with Gasteiger partial charge >= 0.3 is 25.0 Å². The molecule has 1 aromatic carbocycles. The molecular weight excluding hydrogens is 333 g/mol. The van der Waals surface area contributed by atoms with E-state index in [1.54, 1.807) is 0 Å². The van der Waals surface area contributed by atoms with Gasteiger partial charge in [-0.05, 0) is 12.1 Å². The Kier molecular flexibility index (Phi) is 5.14. The minimum absolute atomic E-state index is 0.0161. The number of benzene rings is 1. The molecule has 1 fully saturated rings. The molecule has 1 aliphatic rings. The fraction of sp³-hybridized carbons (Fsp3) is 0.267. The third-order valence-electron chi connectivity index (χ3n) is 3.24. The van der Waals surface area contributed by atoms with Gasteiger partial charge < -0.3 is 29.6 Å². The zero-order valence-electron chi connectivity index (χ0n) is 13.7. The van der Waals surface area contributed by atoms with Gasteiger partial charge in [-0.1, -0.05) is 6.07 Å². The normalized spacial score (nSPS) is 15.8. The summed E-state index contributed by atoms with van der Waals surface area (Å²) in [6.45, 7) is 2.82. The molecular formula is C15H16BNO8. The smallest absolute Gasteiger partial charge is 0.465 e. The average Bonchev–Trinajstić information content (AvgIpc) is 2.51. The third kappa shape index (κ3) is 4.17. The zero-order valence-corrected chi connectivity index (χ0v) is 13.7. The minimum Gasteiger partial charge on any atom is -0.465 e. The molecule has 0 aliphatic carbocycles. The maximum atomic E-state index is 11.9. The molecule has 1 aromatic rings. The summed E-state index contributed by atoms with van der Waals surface area (Å²) < 4.78 is 14.5. The summed E-state index contributed by atoms with van der Waals surface area (Å²) in [7, 11) is -0.654. The van der Waals surface area contributed by atoms with Gasteiger partial charge in [0.25, 0.3) is 5.79 Å². The average molecular weight is 349 g/mol. The van der Waals surface area contributed by atoms with E-state index in [9.17, 15) is 24.4 Å². The number of carbonyl (C=O) groups is 3. The molecule has 0 unspecified atom stereocenters. The van der Waals surface area contributed by atoms with Crippen molar-refractivity contribution in [3.8, 4) is 0 Å². The Morgan fingerprint density at radius 2 is 1.84 bits per heavy atom. The fourth-order valence-electron chi connectivity index (χ4n) is 2.08. The molecule has 0 atom stereocenters. The highest BCUT2D eigenvalue weighted by atomic mass is 16.7. The second-order valence-electron chi connectivity index (χ2n) is 5.55. The van der Waals surface area contributed by atoms with E-state index < -0.39 is 36.4 Å². The number of hydrogen-bond donors (Lipinski definition) is 3. The van der Waals surface area contributed by atoms with Crippen molar-refractivity contribution in [2.24, 2.45) is 0 Å². The number of hydrogen-bond acceptors (Lipinski definition) is 9. The predicted octanol–water partition coefficient (Wildman–Crippen LogP) is -0.715. The lowest BCUT2D eigenvalue weighted by Gasteiger charge is -2.29. The van der Waals surface area contributed by atoms with Crippen molar-refractivity contribution >= 4 is 36.2 Å². The second kappa shape index (κ2) is 6.95. The van der Waals surface area contributed by atoms with Crippen LogP contribution < -0.4 is 10.8 Å². The fourth-order valence-corrected chi connectivity index (χ4v) is 2.08. The van der Waals surface area contributed by atoms with Gasteiger partial charge in [-0.15, -0.1) is 0 Å².